The van der Waals surface area contributed by atoms with Crippen LogP contribution in [-0.4, -0.2) is 37.1 Å². The molecule has 3 rings (SSSR count). The van der Waals surface area contributed by atoms with Gasteiger partial charge in [0.25, 0.3) is 11.6 Å². The number of nitrogens with zero attached hydrogens (tertiary/aromatic N) is 2. The minimum Gasteiger partial charge on any atom is -0.378 e. The average Bonchev–Trinajstić information content (AvgIpc) is 2.62. The molecule has 1 aliphatic heterocycles. The number of amides is 1. The molecule has 0 bridgehead atoms. The molecule has 9 heteroatoms. The average molecular weight is 441 g/mol. The number of ether oxygens (including phenoxy) is 1. The van der Waals surface area contributed by atoms with E-state index in [1.165, 1.54) is 18.2 Å². The Morgan fingerprint density at radius 3 is 2.65 bits per heavy atom. The molecular formula is C17H15BrClN3O4. The topological polar surface area (TPSA) is 84.7 Å². The lowest BCUT2D eigenvalue weighted by Crippen LogP contribution is -2.36. The molecule has 1 aliphatic rings. The molecule has 0 spiro atoms. The molecule has 1 heterocycles. The van der Waals surface area contributed by atoms with Gasteiger partial charge in [0.15, 0.2) is 0 Å². The summed E-state index contributed by atoms with van der Waals surface area (Å²) in [5.41, 5.74) is 1.30. The Kier molecular flexibility index (Phi) is 5.75. The van der Waals surface area contributed by atoms with E-state index in [1.807, 2.05) is 12.1 Å². The minimum absolute atomic E-state index is 0.0498. The van der Waals surface area contributed by atoms with Crippen molar-refractivity contribution in [3.05, 3.63) is 61.6 Å². The summed E-state index contributed by atoms with van der Waals surface area (Å²) in [5.74, 6) is -0.508. The predicted molar refractivity (Wildman–Crippen MR) is 103 cm³/mol. The standard InChI is InChI=1S/C17H15BrClN3O4/c18-11-1-4-16(21-5-7-26-8-6-21)15(9-11)20-17(23)13-10-12(22(24)25)2-3-14(13)19/h1-4,9-10H,5-8H2,(H,20,23). The monoisotopic (exact) mass is 439 g/mol. The summed E-state index contributed by atoms with van der Waals surface area (Å²) >= 11 is 9.46. The maximum Gasteiger partial charge on any atom is 0.270 e. The molecule has 0 aromatic heterocycles. The summed E-state index contributed by atoms with van der Waals surface area (Å²) in [6.45, 7) is 2.64. The zero-order valence-corrected chi connectivity index (χ0v) is 15.9. The molecule has 1 fully saturated rings. The Morgan fingerprint density at radius 1 is 1.23 bits per heavy atom. The van der Waals surface area contributed by atoms with Gasteiger partial charge in [0.05, 0.1) is 40.1 Å². The maximum absolute atomic E-state index is 12.7. The molecule has 0 radical (unpaired) electrons. The molecule has 0 atom stereocenters. The largest absolute Gasteiger partial charge is 0.378 e. The fourth-order valence-electron chi connectivity index (χ4n) is 2.68. The first kappa shape index (κ1) is 18.6. The number of carbonyl (C=O) groups is 1. The Hall–Kier alpha value is -2.16. The van der Waals surface area contributed by atoms with Crippen molar-refractivity contribution in [3.8, 4) is 0 Å². The number of rotatable bonds is 4. The lowest BCUT2D eigenvalue weighted by molar-refractivity contribution is -0.384. The Bertz CT molecular complexity index is 856. The smallest absolute Gasteiger partial charge is 0.270 e. The molecule has 1 amide bonds. The molecule has 1 saturated heterocycles. The Morgan fingerprint density at radius 2 is 1.96 bits per heavy atom. The number of morpholine rings is 1. The van der Waals surface area contributed by atoms with Gasteiger partial charge in [0.1, 0.15) is 0 Å². The summed E-state index contributed by atoms with van der Waals surface area (Å²) in [6, 6.07) is 9.36. The first-order valence-corrected chi connectivity index (χ1v) is 9.00. The maximum atomic E-state index is 12.7. The van der Waals surface area contributed by atoms with Gasteiger partial charge < -0.3 is 15.0 Å². The van der Waals surface area contributed by atoms with Crippen molar-refractivity contribution >= 4 is 50.5 Å². The number of benzene rings is 2. The molecule has 7 nitrogen and oxygen atoms in total. The first-order valence-electron chi connectivity index (χ1n) is 7.83. The highest BCUT2D eigenvalue weighted by atomic mass is 79.9. The van der Waals surface area contributed by atoms with Crippen molar-refractivity contribution in [2.24, 2.45) is 0 Å². The van der Waals surface area contributed by atoms with Crippen LogP contribution in [0.3, 0.4) is 0 Å². The molecule has 0 aliphatic carbocycles. The van der Waals surface area contributed by atoms with Gasteiger partial charge in [0, 0.05) is 29.7 Å². The third kappa shape index (κ3) is 4.14. The van der Waals surface area contributed by atoms with E-state index >= 15 is 0 Å². The quantitative estimate of drug-likeness (QED) is 0.571. The van der Waals surface area contributed by atoms with E-state index in [1.54, 1.807) is 6.07 Å². The number of carbonyl (C=O) groups excluding carboxylic acids is 1. The second-order valence-corrected chi connectivity index (χ2v) is 6.96. The number of halogens is 2. The molecule has 26 heavy (non-hydrogen) atoms. The zero-order valence-electron chi connectivity index (χ0n) is 13.6. The van der Waals surface area contributed by atoms with Crippen LogP contribution < -0.4 is 10.2 Å². The number of hydrogen-bond donors (Lipinski definition) is 1. The Balaban J connectivity index is 1.91. The third-order valence-electron chi connectivity index (χ3n) is 3.96. The summed E-state index contributed by atoms with van der Waals surface area (Å²) in [7, 11) is 0. The highest BCUT2D eigenvalue weighted by Gasteiger charge is 2.20. The fraction of sp³-hybridized carbons (Fsp3) is 0.235. The molecule has 0 unspecified atom stereocenters. The van der Waals surface area contributed by atoms with Crippen molar-refractivity contribution < 1.29 is 14.5 Å². The highest BCUT2D eigenvalue weighted by Crippen LogP contribution is 2.31. The number of nitrogens with one attached hydrogen (secondary N) is 1. The Labute approximate surface area is 163 Å². The van der Waals surface area contributed by atoms with Crippen LogP contribution in [-0.2, 0) is 4.74 Å². The highest BCUT2D eigenvalue weighted by molar-refractivity contribution is 9.10. The van der Waals surface area contributed by atoms with Crippen LogP contribution >= 0.6 is 27.5 Å². The summed E-state index contributed by atoms with van der Waals surface area (Å²) in [4.78, 5) is 25.2. The van der Waals surface area contributed by atoms with Gasteiger partial charge in [-0.2, -0.15) is 0 Å². The van der Waals surface area contributed by atoms with Gasteiger partial charge in [-0.15, -0.1) is 0 Å². The molecular weight excluding hydrogens is 426 g/mol. The van der Waals surface area contributed by atoms with Gasteiger partial charge >= 0.3 is 0 Å². The zero-order chi connectivity index (χ0) is 18.7. The van der Waals surface area contributed by atoms with Crippen molar-refractivity contribution in [2.75, 3.05) is 36.5 Å². The SMILES string of the molecule is O=C(Nc1cc(Br)ccc1N1CCOCC1)c1cc([N+](=O)[O-])ccc1Cl. The molecule has 1 N–H and O–H groups in total. The number of nitro benzene ring substituents is 1. The summed E-state index contributed by atoms with van der Waals surface area (Å²) < 4.78 is 6.17. The van der Waals surface area contributed by atoms with Crippen LogP contribution in [0.25, 0.3) is 0 Å². The fourth-order valence-corrected chi connectivity index (χ4v) is 3.24. The summed E-state index contributed by atoms with van der Waals surface area (Å²) in [5, 5.41) is 13.9. The van der Waals surface area contributed by atoms with Gasteiger partial charge in [0.2, 0.25) is 0 Å². The lowest BCUT2D eigenvalue weighted by atomic mass is 10.1. The molecule has 0 saturated carbocycles. The number of anilines is 2. The van der Waals surface area contributed by atoms with E-state index < -0.39 is 10.8 Å². The number of hydrogen-bond acceptors (Lipinski definition) is 5. The number of nitro groups is 1. The van der Waals surface area contributed by atoms with Crippen LogP contribution in [0.1, 0.15) is 10.4 Å². The van der Waals surface area contributed by atoms with Crippen LogP contribution in [0, 0.1) is 10.1 Å². The van der Waals surface area contributed by atoms with Gasteiger partial charge in [-0.1, -0.05) is 27.5 Å². The van der Waals surface area contributed by atoms with Crippen molar-refractivity contribution in [1.29, 1.82) is 0 Å². The lowest BCUT2D eigenvalue weighted by Gasteiger charge is -2.30. The molecule has 136 valence electrons. The minimum atomic E-state index is -0.564. The first-order chi connectivity index (χ1) is 12.5. The van der Waals surface area contributed by atoms with Crippen LogP contribution in [0.15, 0.2) is 40.9 Å². The van der Waals surface area contributed by atoms with E-state index in [-0.39, 0.29) is 16.3 Å². The van der Waals surface area contributed by atoms with Crippen LogP contribution in [0.5, 0.6) is 0 Å². The summed E-state index contributed by atoms with van der Waals surface area (Å²) in [6.07, 6.45) is 0. The second kappa shape index (κ2) is 8.03. The second-order valence-electron chi connectivity index (χ2n) is 5.64. The van der Waals surface area contributed by atoms with E-state index in [0.29, 0.717) is 32.0 Å². The predicted octanol–water partition coefficient (Wildman–Crippen LogP) is 4.10. The third-order valence-corrected chi connectivity index (χ3v) is 4.79. The van der Waals surface area contributed by atoms with Gasteiger partial charge in [-0.05, 0) is 24.3 Å². The normalized spacial score (nSPS) is 14.2. The van der Waals surface area contributed by atoms with Crippen molar-refractivity contribution in [2.45, 2.75) is 0 Å². The van der Waals surface area contributed by atoms with E-state index in [9.17, 15) is 14.9 Å². The molecule has 2 aromatic carbocycles. The van der Waals surface area contributed by atoms with Crippen LogP contribution in [0.4, 0.5) is 17.1 Å². The van der Waals surface area contributed by atoms with Crippen LogP contribution in [0.2, 0.25) is 5.02 Å². The molecule has 2 aromatic rings. The van der Waals surface area contributed by atoms with Gasteiger partial charge in [-0.3, -0.25) is 14.9 Å². The van der Waals surface area contributed by atoms with E-state index in [0.717, 1.165) is 10.2 Å². The van der Waals surface area contributed by atoms with E-state index in [2.05, 4.69) is 26.1 Å². The van der Waals surface area contributed by atoms with Crippen molar-refractivity contribution in [3.63, 3.8) is 0 Å². The van der Waals surface area contributed by atoms with E-state index in [4.69, 9.17) is 16.3 Å². The number of non-ortho nitro benzene ring substituents is 1. The van der Waals surface area contributed by atoms with Crippen molar-refractivity contribution in [1.82, 2.24) is 0 Å². The van der Waals surface area contributed by atoms with Gasteiger partial charge in [-0.25, -0.2) is 0 Å².